The van der Waals surface area contributed by atoms with Crippen molar-refractivity contribution in [1.82, 2.24) is 9.97 Å². The van der Waals surface area contributed by atoms with Crippen LogP contribution in [0.25, 0.3) is 11.4 Å². The number of aryl methyl sites for hydroxylation is 1. The van der Waals surface area contributed by atoms with Crippen LogP contribution in [0.1, 0.15) is 12.6 Å². The fourth-order valence-electron chi connectivity index (χ4n) is 1.64. The van der Waals surface area contributed by atoms with Gasteiger partial charge in [-0.2, -0.15) is 0 Å². The molecule has 0 bridgehead atoms. The van der Waals surface area contributed by atoms with Gasteiger partial charge in [-0.25, -0.2) is 9.97 Å². The van der Waals surface area contributed by atoms with Gasteiger partial charge in [0.05, 0.1) is 12.3 Å². The highest BCUT2D eigenvalue weighted by Crippen LogP contribution is 2.29. The topological polar surface area (TPSA) is 64.4 Å². The monoisotopic (exact) mass is 277 g/mol. The average molecular weight is 278 g/mol. The van der Waals surface area contributed by atoms with E-state index in [1.54, 1.807) is 24.3 Å². The third kappa shape index (κ3) is 2.88. The van der Waals surface area contributed by atoms with Gasteiger partial charge in [-0.1, -0.05) is 11.6 Å². The predicted octanol–water partition coefficient (Wildman–Crippen LogP) is 3.90. The van der Waals surface area contributed by atoms with Gasteiger partial charge < -0.3 is 4.74 Å². The van der Waals surface area contributed by atoms with Gasteiger partial charge in [-0.3, -0.25) is 0 Å². The molecular formula is C13H12ClN3O2. The molecule has 0 aliphatic carbocycles. The largest absolute Gasteiger partial charge is 0.489 e. The van der Waals surface area contributed by atoms with E-state index in [2.05, 4.69) is 15.1 Å². The van der Waals surface area contributed by atoms with E-state index < -0.39 is 0 Å². The van der Waals surface area contributed by atoms with Crippen molar-refractivity contribution < 1.29 is 4.74 Å². The molecule has 98 valence electrons. The number of nitroso groups, excluding NO2 is 1. The van der Waals surface area contributed by atoms with Crippen LogP contribution in [0.4, 0.5) is 5.69 Å². The zero-order chi connectivity index (χ0) is 13.8. The van der Waals surface area contributed by atoms with Crippen LogP contribution in [0.3, 0.4) is 0 Å². The second-order valence-corrected chi connectivity index (χ2v) is 4.18. The molecule has 0 unspecified atom stereocenters. The molecular weight excluding hydrogens is 266 g/mol. The second-order valence-electron chi connectivity index (χ2n) is 3.82. The zero-order valence-corrected chi connectivity index (χ0v) is 11.3. The normalized spacial score (nSPS) is 10.3. The summed E-state index contributed by atoms with van der Waals surface area (Å²) in [5, 5.41) is 3.12. The zero-order valence-electron chi connectivity index (χ0n) is 10.6. The Bertz CT molecular complexity index is 576. The molecule has 1 aromatic heterocycles. The Morgan fingerprint density at radius 1 is 1.26 bits per heavy atom. The lowest BCUT2D eigenvalue weighted by atomic mass is 10.2. The molecule has 0 aliphatic rings. The molecule has 0 fully saturated rings. The summed E-state index contributed by atoms with van der Waals surface area (Å²) in [6, 6.07) is 6.65. The van der Waals surface area contributed by atoms with Crippen molar-refractivity contribution in [3.05, 3.63) is 40.0 Å². The predicted molar refractivity (Wildman–Crippen MR) is 73.8 cm³/mol. The summed E-state index contributed by atoms with van der Waals surface area (Å²) in [5.74, 6) is 0.988. The van der Waals surface area contributed by atoms with E-state index >= 15 is 0 Å². The number of hydrogen-bond acceptors (Lipinski definition) is 5. The number of rotatable bonds is 4. The van der Waals surface area contributed by atoms with E-state index in [-0.39, 0.29) is 5.15 Å². The van der Waals surface area contributed by atoms with Gasteiger partial charge in [0.2, 0.25) is 0 Å². The molecule has 1 aromatic carbocycles. The van der Waals surface area contributed by atoms with Gasteiger partial charge in [0.1, 0.15) is 5.69 Å². The summed E-state index contributed by atoms with van der Waals surface area (Å²) in [6.45, 7) is 4.18. The van der Waals surface area contributed by atoms with Crippen LogP contribution in [-0.4, -0.2) is 16.6 Å². The fourth-order valence-corrected chi connectivity index (χ4v) is 1.91. The number of halogens is 1. The van der Waals surface area contributed by atoms with Crippen molar-refractivity contribution in [2.24, 2.45) is 5.18 Å². The minimum absolute atomic E-state index is 0.280. The van der Waals surface area contributed by atoms with Gasteiger partial charge in [0.15, 0.2) is 16.7 Å². The Kier molecular flexibility index (Phi) is 4.06. The lowest BCUT2D eigenvalue weighted by Crippen LogP contribution is -2.00. The maximum absolute atomic E-state index is 10.4. The molecule has 2 aromatic rings. The molecule has 5 nitrogen and oxygen atoms in total. The van der Waals surface area contributed by atoms with Crippen molar-refractivity contribution in [3.8, 4) is 17.1 Å². The van der Waals surface area contributed by atoms with Gasteiger partial charge in [-0.15, -0.1) is 4.91 Å². The Hall–Kier alpha value is -2.01. The maximum Gasteiger partial charge on any atom is 0.177 e. The van der Waals surface area contributed by atoms with Gasteiger partial charge >= 0.3 is 0 Å². The summed E-state index contributed by atoms with van der Waals surface area (Å²) >= 11 is 6.08. The smallest absolute Gasteiger partial charge is 0.177 e. The van der Waals surface area contributed by atoms with Crippen LogP contribution in [0.2, 0.25) is 5.15 Å². The quantitative estimate of drug-likeness (QED) is 0.628. The van der Waals surface area contributed by atoms with Crippen molar-refractivity contribution in [2.75, 3.05) is 6.61 Å². The number of ether oxygens (including phenoxy) is 1. The first kappa shape index (κ1) is 13.4. The molecule has 0 amide bonds. The number of hydrogen-bond donors (Lipinski definition) is 0. The van der Waals surface area contributed by atoms with Crippen LogP contribution in [0.15, 0.2) is 29.4 Å². The Balaban J connectivity index is 2.42. The van der Waals surface area contributed by atoms with Crippen molar-refractivity contribution in [2.45, 2.75) is 13.8 Å². The first-order valence-electron chi connectivity index (χ1n) is 5.76. The Morgan fingerprint density at radius 2 is 1.95 bits per heavy atom. The first-order chi connectivity index (χ1) is 9.15. The van der Waals surface area contributed by atoms with Crippen LogP contribution in [0.5, 0.6) is 5.75 Å². The van der Waals surface area contributed by atoms with Crippen molar-refractivity contribution in [3.63, 3.8) is 0 Å². The molecule has 0 spiro atoms. The summed E-state index contributed by atoms with van der Waals surface area (Å²) in [4.78, 5) is 18.9. The first-order valence-corrected chi connectivity index (χ1v) is 6.14. The standard InChI is InChI=1S/C13H12ClN3O2/c1-3-19-11-8(2)15-13(16-12(11)14)9-4-6-10(17-18)7-5-9/h4-7H,3H2,1-2H3. The lowest BCUT2D eigenvalue weighted by molar-refractivity contribution is 0.335. The van der Waals surface area contributed by atoms with E-state index in [1.165, 1.54) is 0 Å². The molecule has 0 N–H and O–H groups in total. The number of aromatic nitrogens is 2. The highest BCUT2D eigenvalue weighted by Gasteiger charge is 2.12. The number of nitrogens with zero attached hydrogens (tertiary/aromatic N) is 3. The van der Waals surface area contributed by atoms with E-state index in [9.17, 15) is 4.91 Å². The van der Waals surface area contributed by atoms with E-state index in [0.717, 1.165) is 5.56 Å². The highest BCUT2D eigenvalue weighted by atomic mass is 35.5. The highest BCUT2D eigenvalue weighted by molar-refractivity contribution is 6.31. The van der Waals surface area contributed by atoms with Crippen LogP contribution >= 0.6 is 11.6 Å². The Morgan fingerprint density at radius 3 is 2.47 bits per heavy atom. The van der Waals surface area contributed by atoms with Crippen molar-refractivity contribution in [1.29, 1.82) is 0 Å². The van der Waals surface area contributed by atoms with Crippen molar-refractivity contribution >= 4 is 17.3 Å². The molecule has 0 saturated heterocycles. The van der Waals surface area contributed by atoms with E-state index in [0.29, 0.717) is 29.6 Å². The van der Waals surface area contributed by atoms with E-state index in [1.807, 2.05) is 13.8 Å². The summed E-state index contributed by atoms with van der Waals surface area (Å²) < 4.78 is 5.38. The molecule has 0 saturated carbocycles. The molecule has 1 heterocycles. The number of benzene rings is 1. The molecule has 6 heteroatoms. The third-order valence-electron chi connectivity index (χ3n) is 2.51. The van der Waals surface area contributed by atoms with Crippen LogP contribution < -0.4 is 4.74 Å². The lowest BCUT2D eigenvalue weighted by Gasteiger charge is -2.09. The average Bonchev–Trinajstić information content (AvgIpc) is 2.43. The van der Waals surface area contributed by atoms with Gasteiger partial charge in [0, 0.05) is 5.56 Å². The minimum atomic E-state index is 0.280. The summed E-state index contributed by atoms with van der Waals surface area (Å²) in [6.07, 6.45) is 0. The van der Waals surface area contributed by atoms with Gasteiger partial charge in [0.25, 0.3) is 0 Å². The second kappa shape index (κ2) is 5.75. The fraction of sp³-hybridized carbons (Fsp3) is 0.231. The molecule has 2 rings (SSSR count). The summed E-state index contributed by atoms with van der Waals surface area (Å²) in [7, 11) is 0. The van der Waals surface area contributed by atoms with Gasteiger partial charge in [-0.05, 0) is 43.3 Å². The molecule has 19 heavy (non-hydrogen) atoms. The van der Waals surface area contributed by atoms with Crippen LogP contribution in [-0.2, 0) is 0 Å². The molecule has 0 aliphatic heterocycles. The van der Waals surface area contributed by atoms with Crippen LogP contribution in [0, 0.1) is 11.8 Å². The maximum atomic E-state index is 10.4. The minimum Gasteiger partial charge on any atom is -0.489 e. The third-order valence-corrected chi connectivity index (χ3v) is 2.77. The summed E-state index contributed by atoms with van der Waals surface area (Å²) in [5.41, 5.74) is 1.80. The molecule has 0 atom stereocenters. The molecule has 0 radical (unpaired) electrons. The van der Waals surface area contributed by atoms with E-state index in [4.69, 9.17) is 16.3 Å². The Labute approximate surface area is 115 Å². The SMILES string of the molecule is CCOc1c(C)nc(-c2ccc(N=O)cc2)nc1Cl.